The molecule has 0 bridgehead atoms. The van der Waals surface area contributed by atoms with Gasteiger partial charge < -0.3 is 14.2 Å². The van der Waals surface area contributed by atoms with Gasteiger partial charge in [-0.25, -0.2) is 4.79 Å². The predicted octanol–water partition coefficient (Wildman–Crippen LogP) is 4.30. The van der Waals surface area contributed by atoms with Crippen molar-refractivity contribution in [1.29, 1.82) is 0 Å². The van der Waals surface area contributed by atoms with Gasteiger partial charge in [-0.2, -0.15) is 0 Å². The van der Waals surface area contributed by atoms with Crippen molar-refractivity contribution in [2.24, 2.45) is 0 Å². The number of hydrogen-bond acceptors (Lipinski definition) is 5. The molecule has 0 atom stereocenters. The highest BCUT2D eigenvalue weighted by atomic mass is 16.6. The second-order valence-corrected chi connectivity index (χ2v) is 6.12. The fourth-order valence-corrected chi connectivity index (χ4v) is 2.74. The molecule has 3 rings (SSSR count). The first-order valence-electron chi connectivity index (χ1n) is 8.80. The van der Waals surface area contributed by atoms with Crippen molar-refractivity contribution in [3.05, 3.63) is 84.2 Å². The Labute approximate surface area is 164 Å². The largest absolute Gasteiger partial charge is 0.497 e. The number of aromatic nitrogens is 1. The molecule has 0 aliphatic rings. The lowest BCUT2D eigenvalue weighted by Gasteiger charge is -2.22. The number of nitrogens with zero attached hydrogens (tertiary/aromatic N) is 2. The molecule has 3 aromatic rings. The number of rotatable bonds is 7. The molecule has 1 amide bonds. The Balaban J connectivity index is 1.82. The molecule has 6 heteroatoms. The Morgan fingerprint density at radius 2 is 1.43 bits per heavy atom. The quantitative estimate of drug-likeness (QED) is 0.613. The minimum atomic E-state index is -0.460. The second kappa shape index (κ2) is 9.41. The van der Waals surface area contributed by atoms with E-state index >= 15 is 0 Å². The zero-order chi connectivity index (χ0) is 19.8. The lowest BCUT2D eigenvalue weighted by atomic mass is 10.1. The van der Waals surface area contributed by atoms with Gasteiger partial charge >= 0.3 is 6.09 Å². The average Bonchev–Trinajstić information content (AvgIpc) is 2.74. The maximum atomic E-state index is 12.8. The van der Waals surface area contributed by atoms with E-state index in [0.717, 1.165) is 22.6 Å². The fourth-order valence-electron chi connectivity index (χ4n) is 2.74. The highest BCUT2D eigenvalue weighted by Gasteiger charge is 2.18. The van der Waals surface area contributed by atoms with E-state index in [1.165, 1.54) is 6.20 Å². The monoisotopic (exact) mass is 378 g/mol. The molecule has 0 N–H and O–H groups in total. The molecule has 0 aliphatic heterocycles. The normalized spacial score (nSPS) is 10.2. The Morgan fingerprint density at radius 3 is 1.93 bits per heavy atom. The van der Waals surface area contributed by atoms with Crippen molar-refractivity contribution in [3.63, 3.8) is 0 Å². The van der Waals surface area contributed by atoms with Crippen molar-refractivity contribution in [2.45, 2.75) is 13.1 Å². The summed E-state index contributed by atoms with van der Waals surface area (Å²) in [7, 11) is 3.23. The molecule has 2 aromatic carbocycles. The second-order valence-electron chi connectivity index (χ2n) is 6.12. The van der Waals surface area contributed by atoms with Crippen molar-refractivity contribution >= 4 is 6.09 Å². The Kier molecular flexibility index (Phi) is 6.46. The molecule has 0 saturated carbocycles. The van der Waals surface area contributed by atoms with Crippen LogP contribution in [0.25, 0.3) is 0 Å². The molecular formula is C22H22N2O4. The van der Waals surface area contributed by atoms with Gasteiger partial charge in [-0.1, -0.05) is 24.3 Å². The molecule has 1 aromatic heterocycles. The summed E-state index contributed by atoms with van der Waals surface area (Å²) in [5.74, 6) is 1.87. The van der Waals surface area contributed by atoms with E-state index in [4.69, 9.17) is 14.2 Å². The third-order valence-electron chi connectivity index (χ3n) is 4.11. The first-order valence-corrected chi connectivity index (χ1v) is 8.80. The summed E-state index contributed by atoms with van der Waals surface area (Å²) in [5, 5.41) is 0. The van der Waals surface area contributed by atoms with Crippen LogP contribution >= 0.6 is 0 Å². The third kappa shape index (κ3) is 5.23. The Hall–Kier alpha value is -3.54. The maximum absolute atomic E-state index is 12.8. The molecule has 6 nitrogen and oxygen atoms in total. The summed E-state index contributed by atoms with van der Waals surface area (Å²) in [5.41, 5.74) is 1.87. The number of methoxy groups -OCH3 is 2. The molecule has 1 heterocycles. The van der Waals surface area contributed by atoms with Crippen LogP contribution in [0.1, 0.15) is 11.1 Å². The van der Waals surface area contributed by atoms with Crippen LogP contribution in [0.3, 0.4) is 0 Å². The first-order chi connectivity index (χ1) is 13.7. The molecule has 0 fully saturated rings. The molecule has 0 saturated heterocycles. The van der Waals surface area contributed by atoms with Gasteiger partial charge in [0.15, 0.2) is 5.75 Å². The summed E-state index contributed by atoms with van der Waals surface area (Å²) >= 11 is 0. The smallest absolute Gasteiger partial charge is 0.415 e. The average molecular weight is 378 g/mol. The SMILES string of the molecule is COc1cccc(CN(Cc2cccc(OC)c2)C(=O)Oc2cccnc2)c1. The highest BCUT2D eigenvalue weighted by molar-refractivity contribution is 5.70. The number of amides is 1. The van der Waals surface area contributed by atoms with Crippen LogP contribution in [0.2, 0.25) is 0 Å². The summed E-state index contributed by atoms with van der Waals surface area (Å²) in [6.45, 7) is 0.737. The van der Waals surface area contributed by atoms with E-state index in [1.54, 1.807) is 37.4 Å². The highest BCUT2D eigenvalue weighted by Crippen LogP contribution is 2.19. The van der Waals surface area contributed by atoms with Crippen LogP contribution in [-0.4, -0.2) is 30.2 Å². The lowest BCUT2D eigenvalue weighted by molar-refractivity contribution is 0.146. The summed E-state index contributed by atoms with van der Waals surface area (Å²) in [6.07, 6.45) is 2.67. The maximum Gasteiger partial charge on any atom is 0.415 e. The van der Waals surface area contributed by atoms with Crippen LogP contribution in [0.4, 0.5) is 4.79 Å². The van der Waals surface area contributed by atoms with E-state index in [9.17, 15) is 4.79 Å². The van der Waals surface area contributed by atoms with Crippen molar-refractivity contribution < 1.29 is 19.0 Å². The van der Waals surface area contributed by atoms with E-state index in [0.29, 0.717) is 18.8 Å². The van der Waals surface area contributed by atoms with Crippen molar-refractivity contribution in [3.8, 4) is 17.2 Å². The van der Waals surface area contributed by atoms with Crippen LogP contribution < -0.4 is 14.2 Å². The number of hydrogen-bond donors (Lipinski definition) is 0. The van der Waals surface area contributed by atoms with Gasteiger partial charge in [0.1, 0.15) is 11.5 Å². The fraction of sp³-hybridized carbons (Fsp3) is 0.182. The van der Waals surface area contributed by atoms with Crippen LogP contribution in [0, 0.1) is 0 Å². The number of carbonyl (C=O) groups is 1. The van der Waals surface area contributed by atoms with Crippen LogP contribution in [-0.2, 0) is 13.1 Å². The zero-order valence-corrected chi connectivity index (χ0v) is 15.9. The first kappa shape index (κ1) is 19.2. The van der Waals surface area contributed by atoms with Crippen molar-refractivity contribution in [2.75, 3.05) is 14.2 Å². The van der Waals surface area contributed by atoms with Gasteiger partial charge in [-0.15, -0.1) is 0 Å². The van der Waals surface area contributed by atoms with E-state index in [2.05, 4.69) is 4.98 Å². The van der Waals surface area contributed by atoms with E-state index in [-0.39, 0.29) is 0 Å². The molecule has 0 radical (unpaired) electrons. The standard InChI is InChI=1S/C22H22N2O4/c1-26-19-8-3-6-17(12-19)15-24(16-18-7-4-9-20(13-18)27-2)22(25)28-21-10-5-11-23-14-21/h3-14H,15-16H2,1-2H3. The minimum Gasteiger partial charge on any atom is -0.497 e. The van der Waals surface area contributed by atoms with Gasteiger partial charge in [0.2, 0.25) is 0 Å². The zero-order valence-electron chi connectivity index (χ0n) is 15.9. The minimum absolute atomic E-state index is 0.369. The predicted molar refractivity (Wildman–Crippen MR) is 105 cm³/mol. The summed E-state index contributed by atoms with van der Waals surface area (Å²) in [4.78, 5) is 18.4. The number of ether oxygens (including phenoxy) is 3. The van der Waals surface area contributed by atoms with Gasteiger partial charge in [-0.3, -0.25) is 9.88 Å². The lowest BCUT2D eigenvalue weighted by Crippen LogP contribution is -2.32. The van der Waals surface area contributed by atoms with Crippen molar-refractivity contribution in [1.82, 2.24) is 9.88 Å². The van der Waals surface area contributed by atoms with Gasteiger partial charge in [0.05, 0.1) is 20.4 Å². The molecule has 0 aliphatic carbocycles. The van der Waals surface area contributed by atoms with Gasteiger partial charge in [0.25, 0.3) is 0 Å². The molecule has 0 spiro atoms. The molecule has 0 unspecified atom stereocenters. The summed E-state index contributed by atoms with van der Waals surface area (Å²) in [6, 6.07) is 18.6. The number of benzene rings is 2. The van der Waals surface area contributed by atoms with Gasteiger partial charge in [-0.05, 0) is 47.5 Å². The Morgan fingerprint density at radius 1 is 0.857 bits per heavy atom. The third-order valence-corrected chi connectivity index (χ3v) is 4.11. The number of pyridine rings is 1. The molecule has 28 heavy (non-hydrogen) atoms. The molecular weight excluding hydrogens is 356 g/mol. The van der Waals surface area contributed by atoms with Gasteiger partial charge in [0, 0.05) is 19.3 Å². The molecule has 144 valence electrons. The Bertz CT molecular complexity index is 866. The topological polar surface area (TPSA) is 60.9 Å². The van der Waals surface area contributed by atoms with E-state index < -0.39 is 6.09 Å². The van der Waals surface area contributed by atoms with E-state index in [1.807, 2.05) is 48.5 Å². The van der Waals surface area contributed by atoms with Crippen LogP contribution in [0.15, 0.2) is 73.1 Å². The summed E-state index contributed by atoms with van der Waals surface area (Å²) < 4.78 is 16.1. The van der Waals surface area contributed by atoms with Crippen LogP contribution in [0.5, 0.6) is 17.2 Å². The number of carbonyl (C=O) groups excluding carboxylic acids is 1.